The molecule has 1 amide bonds. The zero-order valence-electron chi connectivity index (χ0n) is 14.2. The lowest BCUT2D eigenvalue weighted by Gasteiger charge is -2.56. The van der Waals surface area contributed by atoms with Crippen molar-refractivity contribution in [1.82, 2.24) is 4.90 Å². The molecule has 1 aromatic rings. The Balaban J connectivity index is 1.43. The fraction of sp³-hybridized carbons (Fsp3) is 0.667. The van der Waals surface area contributed by atoms with Gasteiger partial charge >= 0.3 is 0 Å². The molecule has 5 aliphatic rings. The molecule has 128 valence electrons. The SMILES string of the molecule is O=C(N1CCCC1c1ccc(F)cc1)C12CC3CC(CC(C3)C1)C2. The van der Waals surface area contributed by atoms with Crippen LogP contribution in [0, 0.1) is 29.0 Å². The second-order valence-corrected chi connectivity index (χ2v) is 8.91. The van der Waals surface area contributed by atoms with E-state index in [2.05, 4.69) is 4.90 Å². The number of nitrogens with zero attached hydrogens (tertiary/aromatic N) is 1. The highest BCUT2D eigenvalue weighted by atomic mass is 19.1. The Bertz CT molecular complexity index is 617. The first-order chi connectivity index (χ1) is 11.6. The third-order valence-corrected chi connectivity index (χ3v) is 7.26. The van der Waals surface area contributed by atoms with Gasteiger partial charge < -0.3 is 4.90 Å². The number of rotatable bonds is 2. The molecule has 24 heavy (non-hydrogen) atoms. The maximum atomic E-state index is 13.6. The topological polar surface area (TPSA) is 20.3 Å². The van der Waals surface area contributed by atoms with Crippen LogP contribution in [0.15, 0.2) is 24.3 Å². The number of halogens is 1. The Hall–Kier alpha value is -1.38. The molecule has 0 aromatic heterocycles. The van der Waals surface area contributed by atoms with Gasteiger partial charge in [0.25, 0.3) is 0 Å². The Morgan fingerprint density at radius 1 is 1.00 bits per heavy atom. The third kappa shape index (κ3) is 2.23. The Labute approximate surface area is 143 Å². The highest BCUT2D eigenvalue weighted by molar-refractivity contribution is 5.84. The number of carbonyl (C=O) groups is 1. The predicted octanol–water partition coefficient (Wildman–Crippen LogP) is 4.71. The van der Waals surface area contributed by atoms with Crippen LogP contribution in [-0.4, -0.2) is 17.4 Å². The van der Waals surface area contributed by atoms with E-state index in [0.717, 1.165) is 62.0 Å². The first-order valence-corrected chi connectivity index (χ1v) is 9.69. The van der Waals surface area contributed by atoms with Crippen LogP contribution in [0.1, 0.15) is 63.0 Å². The van der Waals surface area contributed by atoms with Crippen LogP contribution in [-0.2, 0) is 4.79 Å². The van der Waals surface area contributed by atoms with Crippen LogP contribution >= 0.6 is 0 Å². The van der Waals surface area contributed by atoms with Crippen LogP contribution in [0.5, 0.6) is 0 Å². The van der Waals surface area contributed by atoms with E-state index in [1.165, 1.54) is 31.4 Å². The molecular weight excluding hydrogens is 301 g/mol. The average molecular weight is 327 g/mol. The predicted molar refractivity (Wildman–Crippen MR) is 90.7 cm³/mol. The summed E-state index contributed by atoms with van der Waals surface area (Å²) in [5.41, 5.74) is 1.05. The molecule has 4 bridgehead atoms. The summed E-state index contributed by atoms with van der Waals surface area (Å²) >= 11 is 0. The molecular formula is C21H26FNO. The van der Waals surface area contributed by atoms with Gasteiger partial charge in [-0.15, -0.1) is 0 Å². The summed E-state index contributed by atoms with van der Waals surface area (Å²) in [6, 6.07) is 6.95. The summed E-state index contributed by atoms with van der Waals surface area (Å²) < 4.78 is 13.3. The van der Waals surface area contributed by atoms with E-state index in [0.29, 0.717) is 5.91 Å². The van der Waals surface area contributed by atoms with Crippen LogP contribution in [0.3, 0.4) is 0 Å². The summed E-state index contributed by atoms with van der Waals surface area (Å²) in [5.74, 6) is 2.62. The fourth-order valence-corrected chi connectivity index (χ4v) is 6.72. The van der Waals surface area contributed by atoms with Crippen molar-refractivity contribution in [3.63, 3.8) is 0 Å². The van der Waals surface area contributed by atoms with Gasteiger partial charge in [0.05, 0.1) is 11.5 Å². The van der Waals surface area contributed by atoms with E-state index in [1.54, 1.807) is 0 Å². The number of amides is 1. The maximum Gasteiger partial charge on any atom is 0.229 e. The minimum atomic E-state index is -0.198. The van der Waals surface area contributed by atoms with Crippen molar-refractivity contribution in [3.8, 4) is 0 Å². The summed E-state index contributed by atoms with van der Waals surface area (Å²) in [6.45, 7) is 0.878. The van der Waals surface area contributed by atoms with Gasteiger partial charge in [-0.05, 0) is 86.8 Å². The second-order valence-electron chi connectivity index (χ2n) is 8.91. The normalized spacial score (nSPS) is 40.3. The van der Waals surface area contributed by atoms with Gasteiger partial charge in [0, 0.05) is 6.54 Å². The number of likely N-dealkylation sites (tertiary alicyclic amines) is 1. The monoisotopic (exact) mass is 327 g/mol. The molecule has 4 aliphatic carbocycles. The molecule has 0 spiro atoms. The van der Waals surface area contributed by atoms with Crippen LogP contribution in [0.4, 0.5) is 4.39 Å². The smallest absolute Gasteiger partial charge is 0.229 e. The highest BCUT2D eigenvalue weighted by Crippen LogP contribution is 2.61. The Kier molecular flexibility index (Phi) is 3.30. The van der Waals surface area contributed by atoms with Gasteiger partial charge in [-0.25, -0.2) is 4.39 Å². The van der Waals surface area contributed by atoms with Gasteiger partial charge in [0.1, 0.15) is 5.82 Å². The standard InChI is InChI=1S/C21H26FNO/c22-18-5-3-17(4-6-18)19-2-1-7-23(19)20(24)21-11-14-8-15(12-21)10-16(9-14)13-21/h3-6,14-16,19H,1-2,7-13H2. The van der Waals surface area contributed by atoms with Crippen molar-refractivity contribution in [2.45, 2.75) is 57.4 Å². The maximum absolute atomic E-state index is 13.6. The van der Waals surface area contributed by atoms with Gasteiger partial charge in [-0.3, -0.25) is 4.79 Å². The van der Waals surface area contributed by atoms with Crippen molar-refractivity contribution in [3.05, 3.63) is 35.6 Å². The lowest BCUT2D eigenvalue weighted by Crippen LogP contribution is -2.54. The molecule has 1 atom stereocenters. The number of carbonyl (C=O) groups excluding carboxylic acids is 1. The number of benzene rings is 1. The molecule has 3 heteroatoms. The molecule has 0 radical (unpaired) electrons. The first kappa shape index (κ1) is 14.9. The quantitative estimate of drug-likeness (QED) is 0.770. The average Bonchev–Trinajstić information content (AvgIpc) is 3.03. The van der Waals surface area contributed by atoms with E-state index in [9.17, 15) is 9.18 Å². The van der Waals surface area contributed by atoms with Crippen molar-refractivity contribution < 1.29 is 9.18 Å². The minimum Gasteiger partial charge on any atom is -0.335 e. The molecule has 5 fully saturated rings. The van der Waals surface area contributed by atoms with Crippen molar-refractivity contribution in [2.24, 2.45) is 23.2 Å². The zero-order chi connectivity index (χ0) is 16.3. The molecule has 1 aromatic carbocycles. The molecule has 1 unspecified atom stereocenters. The van der Waals surface area contributed by atoms with Crippen LogP contribution in [0.2, 0.25) is 0 Å². The summed E-state index contributed by atoms with van der Waals surface area (Å²) in [6.07, 6.45) is 9.58. The van der Waals surface area contributed by atoms with Crippen molar-refractivity contribution in [1.29, 1.82) is 0 Å². The lowest BCUT2D eigenvalue weighted by atomic mass is 9.49. The molecule has 1 aliphatic heterocycles. The van der Waals surface area contributed by atoms with Crippen molar-refractivity contribution in [2.75, 3.05) is 6.54 Å². The van der Waals surface area contributed by atoms with E-state index in [-0.39, 0.29) is 17.3 Å². The molecule has 4 saturated carbocycles. The molecule has 6 rings (SSSR count). The van der Waals surface area contributed by atoms with Gasteiger partial charge in [0.2, 0.25) is 5.91 Å². The third-order valence-electron chi connectivity index (χ3n) is 7.26. The van der Waals surface area contributed by atoms with E-state index < -0.39 is 0 Å². The Morgan fingerprint density at radius 2 is 1.58 bits per heavy atom. The molecule has 1 saturated heterocycles. The Morgan fingerprint density at radius 3 is 2.17 bits per heavy atom. The van der Waals surface area contributed by atoms with Crippen molar-refractivity contribution >= 4 is 5.91 Å². The van der Waals surface area contributed by atoms with E-state index in [4.69, 9.17) is 0 Å². The summed E-state index contributed by atoms with van der Waals surface area (Å²) in [7, 11) is 0. The van der Waals surface area contributed by atoms with Crippen LogP contribution < -0.4 is 0 Å². The second kappa shape index (κ2) is 5.31. The largest absolute Gasteiger partial charge is 0.335 e. The fourth-order valence-electron chi connectivity index (χ4n) is 6.72. The van der Waals surface area contributed by atoms with Gasteiger partial charge in [-0.1, -0.05) is 12.1 Å². The molecule has 0 N–H and O–H groups in total. The van der Waals surface area contributed by atoms with Gasteiger partial charge in [-0.2, -0.15) is 0 Å². The minimum absolute atomic E-state index is 0.0582. The van der Waals surface area contributed by atoms with E-state index >= 15 is 0 Å². The summed E-state index contributed by atoms with van der Waals surface area (Å²) in [5, 5.41) is 0. The summed E-state index contributed by atoms with van der Waals surface area (Å²) in [4.78, 5) is 15.8. The first-order valence-electron chi connectivity index (χ1n) is 9.69. The van der Waals surface area contributed by atoms with Gasteiger partial charge in [0.15, 0.2) is 0 Å². The zero-order valence-corrected chi connectivity index (χ0v) is 14.2. The van der Waals surface area contributed by atoms with Crippen LogP contribution in [0.25, 0.3) is 0 Å². The molecule has 1 heterocycles. The number of hydrogen-bond acceptors (Lipinski definition) is 1. The lowest BCUT2D eigenvalue weighted by molar-refractivity contribution is -0.158. The highest BCUT2D eigenvalue weighted by Gasteiger charge is 2.56. The number of hydrogen-bond donors (Lipinski definition) is 0. The molecule has 2 nitrogen and oxygen atoms in total. The van der Waals surface area contributed by atoms with E-state index in [1.807, 2.05) is 12.1 Å².